The van der Waals surface area contributed by atoms with Gasteiger partial charge in [-0.1, -0.05) is 147 Å². The van der Waals surface area contributed by atoms with E-state index >= 15 is 0 Å². The van der Waals surface area contributed by atoms with Crippen LogP contribution < -0.4 is 9.80 Å². The second kappa shape index (κ2) is 13.7. The molecule has 2 aromatic heterocycles. The van der Waals surface area contributed by atoms with E-state index in [0.29, 0.717) is 11.4 Å². The van der Waals surface area contributed by atoms with Crippen LogP contribution in [0.2, 0.25) is 0 Å². The lowest BCUT2D eigenvalue weighted by atomic mass is 9.77. The lowest BCUT2D eigenvalue weighted by molar-refractivity contribution is 0.641. The van der Waals surface area contributed by atoms with Crippen LogP contribution >= 0.6 is 0 Å². The number of aryl methyl sites for hydroxylation is 2. The van der Waals surface area contributed by atoms with Crippen LogP contribution in [0.5, 0.6) is 0 Å². The quantitative estimate of drug-likeness (QED) is 0.162. The number of hydrogen-bond acceptors (Lipinski definition) is 3. The van der Waals surface area contributed by atoms with Crippen molar-refractivity contribution < 1.29 is 13.7 Å². The Morgan fingerprint density at radius 3 is 1.88 bits per heavy atom. The fraction of sp³-hybridized carbons (Fsp3) is 0.113. The Hall–Kier alpha value is -6.91. The second-order valence-electron chi connectivity index (χ2n) is 15.1. The van der Waals surface area contributed by atoms with Crippen molar-refractivity contribution in [2.24, 2.45) is 0 Å². The molecule has 0 spiro atoms. The molecule has 1 aliphatic rings. The highest BCUT2D eigenvalue weighted by atomic mass is 15.4. The average Bonchev–Trinajstić information content (AvgIpc) is 3.88. The van der Waals surface area contributed by atoms with E-state index in [1.165, 1.54) is 0 Å². The van der Waals surface area contributed by atoms with E-state index in [1.807, 2.05) is 47.5 Å². The van der Waals surface area contributed by atoms with Crippen molar-refractivity contribution in [3.05, 3.63) is 204 Å². The number of hydrogen-bond donors (Lipinski definition) is 0. The van der Waals surface area contributed by atoms with Crippen molar-refractivity contribution in [3.63, 3.8) is 0 Å². The monoisotopic (exact) mass is 746 g/mol. The van der Waals surface area contributed by atoms with E-state index < -0.39 is 65.8 Å². The van der Waals surface area contributed by atoms with E-state index in [0.717, 1.165) is 61.3 Å². The first-order valence-electron chi connectivity index (χ1n) is 24.0. The zero-order valence-electron chi connectivity index (χ0n) is 42.0. The first kappa shape index (κ1) is 25.3. The van der Waals surface area contributed by atoms with Crippen molar-refractivity contribution >= 4 is 44.6 Å². The van der Waals surface area contributed by atoms with Gasteiger partial charge in [0.15, 0.2) is 0 Å². The van der Waals surface area contributed by atoms with E-state index in [4.69, 9.17) is 18.7 Å². The molecule has 0 bridgehead atoms. The van der Waals surface area contributed by atoms with Gasteiger partial charge in [0.25, 0.3) is 0 Å². The molecule has 0 fully saturated rings. The van der Waals surface area contributed by atoms with Gasteiger partial charge < -0.3 is 9.80 Å². The molecule has 4 nitrogen and oxygen atoms in total. The number of nitrogens with zero attached hydrogens (tertiary/aromatic N) is 4. The molecule has 1 aliphatic heterocycles. The van der Waals surface area contributed by atoms with E-state index in [1.54, 1.807) is 18.2 Å². The molecular weight excluding hydrogens is 693 g/mol. The molecule has 276 valence electrons. The molecule has 0 atom stereocenters. The Labute approximate surface area is 349 Å². The zero-order chi connectivity index (χ0) is 47.4. The number of rotatable bonds is 7. The third kappa shape index (κ3) is 5.79. The van der Waals surface area contributed by atoms with Gasteiger partial charge in [-0.15, -0.1) is 0 Å². The van der Waals surface area contributed by atoms with E-state index in [2.05, 4.69) is 97.8 Å². The molecule has 4 heteroatoms. The maximum atomic E-state index is 9.05. The molecule has 0 aliphatic carbocycles. The van der Waals surface area contributed by atoms with Gasteiger partial charge >= 0.3 is 0 Å². The Balaban J connectivity index is 1.13. The summed E-state index contributed by atoms with van der Waals surface area (Å²) < 4.78 is 89.5. The van der Waals surface area contributed by atoms with E-state index in [9.17, 15) is 0 Å². The highest BCUT2D eigenvalue weighted by Crippen LogP contribution is 2.50. The number of fused-ring (bicyclic) bond motifs is 4. The van der Waals surface area contributed by atoms with Crippen LogP contribution in [0, 0.1) is 13.8 Å². The average molecular weight is 747 g/mol. The Kier molecular flexibility index (Phi) is 6.07. The second-order valence-corrected chi connectivity index (χ2v) is 15.1. The van der Waals surface area contributed by atoms with Gasteiger partial charge in [-0.2, -0.15) is 0 Å². The van der Waals surface area contributed by atoms with Gasteiger partial charge in [0.1, 0.15) is 12.5 Å². The Morgan fingerprint density at radius 1 is 0.561 bits per heavy atom. The Morgan fingerprint density at radius 2 is 1.18 bits per heavy atom. The summed E-state index contributed by atoms with van der Waals surface area (Å²) in [6, 6.07) is 33.4. The molecule has 0 unspecified atom stereocenters. The van der Waals surface area contributed by atoms with Crippen molar-refractivity contribution in [2.75, 3.05) is 16.5 Å². The van der Waals surface area contributed by atoms with E-state index in [-0.39, 0.29) is 28.9 Å². The number of aromatic nitrogens is 2. The van der Waals surface area contributed by atoms with Crippen molar-refractivity contribution in [3.8, 4) is 28.1 Å². The zero-order valence-corrected chi connectivity index (χ0v) is 32.0. The fourth-order valence-electron chi connectivity index (χ4n) is 8.20. The number of anilines is 4. The smallest absolute Gasteiger partial charge is 0.137 e. The molecule has 0 amide bonds. The van der Waals surface area contributed by atoms with Gasteiger partial charge in [0.05, 0.1) is 41.8 Å². The van der Waals surface area contributed by atoms with Crippen LogP contribution in [0.15, 0.2) is 182 Å². The van der Waals surface area contributed by atoms with Gasteiger partial charge in [-0.3, -0.25) is 4.57 Å². The van der Waals surface area contributed by atoms with Crippen molar-refractivity contribution in [1.82, 2.24) is 9.55 Å². The molecule has 57 heavy (non-hydrogen) atoms. The van der Waals surface area contributed by atoms with Crippen molar-refractivity contribution in [1.29, 1.82) is 0 Å². The number of pyridine rings is 1. The topological polar surface area (TPSA) is 24.3 Å². The van der Waals surface area contributed by atoms with Gasteiger partial charge in [-0.25, -0.2) is 4.98 Å². The summed E-state index contributed by atoms with van der Waals surface area (Å²) in [7, 11) is 0. The molecule has 7 aromatic carbocycles. The lowest BCUT2D eigenvalue weighted by Gasteiger charge is -2.29. The standard InChI is InChI=1S/C53H44N4/c1-36-31-51(54-34-37(36)2)57-47-26-12-11-23-45(47)46-30-29-41(33-50(46)57)53(3,4)40-21-15-22-42(32-40)55-35-56(49-28-14-13-27-48(49)55)52-43(38-17-7-5-8-18-38)24-16-25-44(52)39-19-9-6-10-20-39/h5-34H,35H2,1-4H3/i5D,6D,7D,8D,9D,10D,17D,18D,19D,20D. The molecule has 0 saturated carbocycles. The highest BCUT2D eigenvalue weighted by molar-refractivity contribution is 6.09. The highest BCUT2D eigenvalue weighted by Gasteiger charge is 2.32. The molecule has 0 radical (unpaired) electrons. The predicted molar refractivity (Wildman–Crippen MR) is 240 cm³/mol. The van der Waals surface area contributed by atoms with Crippen molar-refractivity contribution in [2.45, 2.75) is 33.1 Å². The van der Waals surface area contributed by atoms with Crippen LogP contribution in [0.4, 0.5) is 22.7 Å². The maximum Gasteiger partial charge on any atom is 0.137 e. The minimum Gasteiger partial charge on any atom is -0.321 e. The van der Waals surface area contributed by atoms with Crippen LogP contribution in [0.1, 0.15) is 49.8 Å². The summed E-state index contributed by atoms with van der Waals surface area (Å²) >= 11 is 0. The number of para-hydroxylation sites is 4. The summed E-state index contributed by atoms with van der Waals surface area (Å²) in [5.41, 5.74) is 9.13. The minimum atomic E-state index is -0.539. The molecular formula is C53H44N4. The molecule has 3 heterocycles. The van der Waals surface area contributed by atoms with Gasteiger partial charge in [0, 0.05) is 39.2 Å². The number of benzene rings is 7. The fourth-order valence-corrected chi connectivity index (χ4v) is 8.20. The van der Waals surface area contributed by atoms with Crippen LogP contribution in [0.25, 0.3) is 49.9 Å². The third-order valence-corrected chi connectivity index (χ3v) is 11.5. The summed E-state index contributed by atoms with van der Waals surface area (Å²) in [6.45, 7) is 8.76. The minimum absolute atomic E-state index is 0.0702. The molecule has 10 rings (SSSR count). The Bertz CT molecular complexity index is 3400. The first-order chi connectivity index (χ1) is 32.0. The SMILES string of the molecule is [2H]c1c([2H])c([2H])c(-c2cccc(-c3c([2H])c([2H])c([2H])c([2H])c3[2H])c2N2CN(c3cccc(C(C)(C)c4ccc5c6ccccc6n(-c6cc(C)c(C)cn6)c5c4)c3)c3ccccc32)c([2H])c1[2H]. The summed E-state index contributed by atoms with van der Waals surface area (Å²) in [6.07, 6.45) is 1.92. The normalized spacial score (nSPS) is 15.2. The third-order valence-electron chi connectivity index (χ3n) is 11.5. The van der Waals surface area contributed by atoms with Gasteiger partial charge in [-0.05, 0) is 89.7 Å². The first-order valence-corrected chi connectivity index (χ1v) is 19.0. The predicted octanol–water partition coefficient (Wildman–Crippen LogP) is 13.7. The molecule has 0 saturated heterocycles. The molecule has 9 aromatic rings. The summed E-state index contributed by atoms with van der Waals surface area (Å²) in [5, 5.41) is 2.27. The van der Waals surface area contributed by atoms with Crippen LogP contribution in [-0.4, -0.2) is 16.2 Å². The van der Waals surface area contributed by atoms with Crippen LogP contribution in [-0.2, 0) is 5.41 Å². The largest absolute Gasteiger partial charge is 0.321 e. The molecule has 0 N–H and O–H groups in total. The lowest BCUT2D eigenvalue weighted by Crippen LogP contribution is -2.25. The maximum absolute atomic E-state index is 9.05. The summed E-state index contributed by atoms with van der Waals surface area (Å²) in [5.74, 6) is 0.853. The van der Waals surface area contributed by atoms with Gasteiger partial charge in [0.2, 0.25) is 0 Å². The van der Waals surface area contributed by atoms with Crippen LogP contribution in [0.3, 0.4) is 0 Å². The summed E-state index contributed by atoms with van der Waals surface area (Å²) in [4.78, 5) is 8.95.